The first-order chi connectivity index (χ1) is 6.69. The number of nitrogens with two attached hydrogens (primary N) is 1. The minimum Gasteiger partial charge on any atom is -0.464 e. The van der Waals surface area contributed by atoms with Gasteiger partial charge in [-0.15, -0.1) is 11.3 Å². The highest BCUT2D eigenvalue weighted by Crippen LogP contribution is 2.12. The van der Waals surface area contributed by atoms with Crippen LogP contribution in [0.15, 0.2) is 10.5 Å². The summed E-state index contributed by atoms with van der Waals surface area (Å²) in [6.45, 7) is 0. The predicted octanol–water partition coefficient (Wildman–Crippen LogP) is 0.249. The number of esters is 1. The first-order valence-electron chi connectivity index (χ1n) is 3.60. The highest BCUT2D eigenvalue weighted by Gasteiger charge is 2.18. The van der Waals surface area contributed by atoms with Crippen LogP contribution in [0.5, 0.6) is 0 Å². The average molecular weight is 215 g/mol. The van der Waals surface area contributed by atoms with Crippen molar-refractivity contribution in [3.63, 3.8) is 0 Å². The number of carbonyl (C=O) groups excluding carboxylic acids is 1. The molecule has 0 amide bonds. The van der Waals surface area contributed by atoms with Crippen LogP contribution in [-0.4, -0.2) is 30.9 Å². The molecule has 0 radical (unpaired) electrons. The second kappa shape index (κ2) is 4.56. The lowest BCUT2D eigenvalue weighted by Crippen LogP contribution is -2.18. The van der Waals surface area contributed by atoms with Crippen LogP contribution in [0.1, 0.15) is 5.69 Å². The number of hydrogen-bond donors (Lipinski definition) is 1. The van der Waals surface area contributed by atoms with Gasteiger partial charge in [-0.3, -0.25) is 0 Å². The van der Waals surface area contributed by atoms with Crippen molar-refractivity contribution in [2.75, 3.05) is 20.0 Å². The molecule has 1 aromatic heterocycles. The third kappa shape index (κ3) is 2.19. The number of thiazole rings is 1. The first-order valence-corrected chi connectivity index (χ1v) is 4.47. The molecule has 0 bridgehead atoms. The second-order valence-corrected chi connectivity index (χ2v) is 3.07. The van der Waals surface area contributed by atoms with Crippen LogP contribution in [0, 0.1) is 0 Å². The molecule has 0 saturated heterocycles. The zero-order valence-electron chi connectivity index (χ0n) is 7.68. The van der Waals surface area contributed by atoms with Gasteiger partial charge in [0, 0.05) is 5.38 Å². The van der Waals surface area contributed by atoms with Crippen molar-refractivity contribution in [2.45, 2.75) is 0 Å². The lowest BCUT2D eigenvalue weighted by Gasteiger charge is -1.98. The molecule has 0 fully saturated rings. The Labute approximate surface area is 84.3 Å². The normalized spacial score (nSPS) is 11.1. The van der Waals surface area contributed by atoms with Crippen LogP contribution in [0.2, 0.25) is 0 Å². The maximum absolute atomic E-state index is 11.2. The highest BCUT2D eigenvalue weighted by atomic mass is 32.1. The van der Waals surface area contributed by atoms with E-state index < -0.39 is 5.97 Å². The number of hydrogen-bond acceptors (Lipinski definition) is 7. The summed E-state index contributed by atoms with van der Waals surface area (Å²) < 4.78 is 4.50. The lowest BCUT2D eigenvalue weighted by atomic mass is 10.3. The minimum atomic E-state index is -0.614. The Hall–Kier alpha value is -1.63. The van der Waals surface area contributed by atoms with Crippen LogP contribution >= 0.6 is 11.3 Å². The van der Waals surface area contributed by atoms with Crippen molar-refractivity contribution in [2.24, 2.45) is 5.16 Å². The molecular formula is C7H9N3O3S. The number of ether oxygens (including phenoxy) is 1. The van der Waals surface area contributed by atoms with Gasteiger partial charge in [0.05, 0.1) is 7.11 Å². The molecule has 1 rings (SSSR count). The summed E-state index contributed by atoms with van der Waals surface area (Å²) in [5.41, 5.74) is 5.76. The lowest BCUT2D eigenvalue weighted by molar-refractivity contribution is -0.132. The molecule has 0 saturated carbocycles. The van der Waals surface area contributed by atoms with E-state index in [1.807, 2.05) is 0 Å². The fourth-order valence-corrected chi connectivity index (χ4v) is 1.32. The van der Waals surface area contributed by atoms with Crippen LogP contribution < -0.4 is 5.73 Å². The van der Waals surface area contributed by atoms with Crippen molar-refractivity contribution in [3.05, 3.63) is 11.1 Å². The van der Waals surface area contributed by atoms with E-state index in [-0.39, 0.29) is 5.71 Å². The van der Waals surface area contributed by atoms with Gasteiger partial charge < -0.3 is 15.3 Å². The Balaban J connectivity index is 3.00. The van der Waals surface area contributed by atoms with Gasteiger partial charge in [-0.25, -0.2) is 9.78 Å². The molecule has 6 nitrogen and oxygen atoms in total. The molecule has 2 N–H and O–H groups in total. The van der Waals surface area contributed by atoms with Crippen molar-refractivity contribution >= 4 is 28.1 Å². The van der Waals surface area contributed by atoms with E-state index in [2.05, 4.69) is 19.7 Å². The van der Waals surface area contributed by atoms with E-state index in [1.54, 1.807) is 5.38 Å². The Morgan fingerprint density at radius 1 is 1.64 bits per heavy atom. The molecule has 0 aliphatic heterocycles. The van der Waals surface area contributed by atoms with E-state index >= 15 is 0 Å². The molecule has 14 heavy (non-hydrogen) atoms. The van der Waals surface area contributed by atoms with E-state index in [0.29, 0.717) is 10.8 Å². The molecule has 0 aliphatic carbocycles. The quantitative estimate of drug-likeness (QED) is 0.443. The van der Waals surface area contributed by atoms with Crippen molar-refractivity contribution in [3.8, 4) is 0 Å². The molecule has 76 valence electrons. The van der Waals surface area contributed by atoms with Gasteiger partial charge in [0.2, 0.25) is 5.71 Å². The zero-order chi connectivity index (χ0) is 10.6. The maximum Gasteiger partial charge on any atom is 0.362 e. The summed E-state index contributed by atoms with van der Waals surface area (Å²) in [4.78, 5) is 19.6. The van der Waals surface area contributed by atoms with Crippen LogP contribution in [0.3, 0.4) is 0 Å². The predicted molar refractivity (Wildman–Crippen MR) is 52.1 cm³/mol. The Morgan fingerprint density at radius 3 is 2.79 bits per heavy atom. The van der Waals surface area contributed by atoms with Crippen molar-refractivity contribution < 1.29 is 14.4 Å². The molecule has 1 aromatic rings. The largest absolute Gasteiger partial charge is 0.464 e. The Morgan fingerprint density at radius 2 is 2.36 bits per heavy atom. The fraction of sp³-hybridized carbons (Fsp3) is 0.286. The number of anilines is 1. The maximum atomic E-state index is 11.2. The summed E-state index contributed by atoms with van der Waals surface area (Å²) in [5, 5.41) is 5.46. The number of nitrogen functional groups attached to an aromatic ring is 1. The van der Waals surface area contributed by atoms with Crippen LogP contribution in [0.25, 0.3) is 0 Å². The summed E-state index contributed by atoms with van der Waals surface area (Å²) in [5.74, 6) is -0.614. The first kappa shape index (κ1) is 10.5. The monoisotopic (exact) mass is 215 g/mol. The van der Waals surface area contributed by atoms with E-state index in [0.717, 1.165) is 0 Å². The molecule has 0 aromatic carbocycles. The number of aromatic nitrogens is 1. The topological polar surface area (TPSA) is 86.8 Å². The van der Waals surface area contributed by atoms with Crippen LogP contribution in [-0.2, 0) is 14.4 Å². The molecule has 0 unspecified atom stereocenters. The number of rotatable bonds is 3. The number of methoxy groups -OCH3 is 1. The smallest absolute Gasteiger partial charge is 0.362 e. The number of oxime groups is 1. The highest BCUT2D eigenvalue weighted by molar-refractivity contribution is 7.13. The number of carbonyl (C=O) groups is 1. The third-order valence-electron chi connectivity index (χ3n) is 1.33. The molecular weight excluding hydrogens is 206 g/mol. The van der Waals surface area contributed by atoms with E-state index in [9.17, 15) is 4.79 Å². The average Bonchev–Trinajstić information content (AvgIpc) is 2.60. The summed E-state index contributed by atoms with van der Waals surface area (Å²) in [7, 11) is 2.59. The molecule has 7 heteroatoms. The summed E-state index contributed by atoms with van der Waals surface area (Å²) >= 11 is 1.21. The van der Waals surface area contributed by atoms with Crippen molar-refractivity contribution in [1.29, 1.82) is 0 Å². The van der Waals surface area contributed by atoms with Gasteiger partial charge in [-0.1, -0.05) is 5.16 Å². The van der Waals surface area contributed by atoms with Gasteiger partial charge >= 0.3 is 5.97 Å². The summed E-state index contributed by atoms with van der Waals surface area (Å²) in [6.07, 6.45) is 0. The van der Waals surface area contributed by atoms with E-state index in [1.165, 1.54) is 25.6 Å². The van der Waals surface area contributed by atoms with Gasteiger partial charge in [0.1, 0.15) is 12.8 Å². The Kier molecular flexibility index (Phi) is 3.41. The SMILES string of the molecule is CO/N=C(/C(=O)OC)c1csc(N)n1. The van der Waals surface area contributed by atoms with Gasteiger partial charge in [-0.05, 0) is 0 Å². The standard InChI is InChI=1S/C7H9N3O3S/c1-12-6(11)5(10-13-2)4-3-14-7(8)9-4/h3H,1-2H3,(H2,8,9)/b10-5+. The molecule has 1 heterocycles. The fourth-order valence-electron chi connectivity index (χ4n) is 0.773. The van der Waals surface area contributed by atoms with Gasteiger partial charge in [-0.2, -0.15) is 0 Å². The second-order valence-electron chi connectivity index (χ2n) is 2.19. The molecule has 0 spiro atoms. The molecule has 0 atom stereocenters. The molecule has 0 aliphatic rings. The minimum absolute atomic E-state index is 0.00273. The van der Waals surface area contributed by atoms with Crippen LogP contribution in [0.4, 0.5) is 5.13 Å². The van der Waals surface area contributed by atoms with Crippen molar-refractivity contribution in [1.82, 2.24) is 4.98 Å². The zero-order valence-corrected chi connectivity index (χ0v) is 8.50. The van der Waals surface area contributed by atoms with Gasteiger partial charge in [0.25, 0.3) is 0 Å². The Bertz CT molecular complexity index is 361. The number of nitrogens with zero attached hydrogens (tertiary/aromatic N) is 2. The van der Waals surface area contributed by atoms with Gasteiger partial charge in [0.15, 0.2) is 5.13 Å². The summed E-state index contributed by atoms with van der Waals surface area (Å²) in [6, 6.07) is 0. The van der Waals surface area contributed by atoms with E-state index in [4.69, 9.17) is 5.73 Å². The third-order valence-corrected chi connectivity index (χ3v) is 2.00.